The van der Waals surface area contributed by atoms with Gasteiger partial charge < -0.3 is 10.0 Å². The molecule has 1 saturated carbocycles. The molecule has 7 nitrogen and oxygen atoms in total. The van der Waals surface area contributed by atoms with Crippen molar-refractivity contribution in [2.24, 2.45) is 7.05 Å². The molecule has 0 saturated heterocycles. The van der Waals surface area contributed by atoms with Crippen LogP contribution in [0.4, 0.5) is 10.2 Å². The van der Waals surface area contributed by atoms with Gasteiger partial charge in [0.05, 0.1) is 24.0 Å². The number of nitrogens with zero attached hydrogens (tertiary/aromatic N) is 6. The van der Waals surface area contributed by atoms with Gasteiger partial charge in [0.15, 0.2) is 11.6 Å². The predicted octanol–water partition coefficient (Wildman–Crippen LogP) is 3.36. The van der Waals surface area contributed by atoms with E-state index in [-0.39, 0.29) is 11.8 Å². The molecule has 0 radical (unpaired) electrons. The van der Waals surface area contributed by atoms with E-state index in [1.54, 1.807) is 29.2 Å². The highest BCUT2D eigenvalue weighted by Gasteiger charge is 2.29. The summed E-state index contributed by atoms with van der Waals surface area (Å²) in [7, 11) is 3.67. The minimum atomic E-state index is -0.857. The first-order valence-electron chi connectivity index (χ1n) is 9.42. The maximum atomic E-state index is 14.2. The topological polar surface area (TPSA) is 80.0 Å². The summed E-state index contributed by atoms with van der Waals surface area (Å²) in [5, 5.41) is 22.9. The fourth-order valence-corrected chi connectivity index (χ4v) is 3.70. The first-order valence-corrected chi connectivity index (χ1v) is 9.42. The third-order valence-electron chi connectivity index (χ3n) is 5.33. The first-order chi connectivity index (χ1) is 13.5. The van der Waals surface area contributed by atoms with Crippen LogP contribution in [0.1, 0.15) is 25.7 Å². The van der Waals surface area contributed by atoms with Crippen LogP contribution in [-0.4, -0.2) is 49.3 Å². The fraction of sp³-hybridized carbons (Fsp3) is 0.400. The molecule has 2 heterocycles. The Balaban J connectivity index is 1.55. The maximum Gasteiger partial charge on any atom is 0.185 e. The van der Waals surface area contributed by atoms with Gasteiger partial charge in [-0.25, -0.2) is 9.37 Å². The summed E-state index contributed by atoms with van der Waals surface area (Å²) in [6, 6.07) is 5.11. The monoisotopic (exact) mass is 382 g/mol. The van der Waals surface area contributed by atoms with E-state index in [0.29, 0.717) is 23.6 Å². The molecule has 0 unspecified atom stereocenters. The van der Waals surface area contributed by atoms with Gasteiger partial charge in [0.25, 0.3) is 0 Å². The molecule has 0 aliphatic heterocycles. The van der Waals surface area contributed by atoms with Gasteiger partial charge in [0, 0.05) is 25.9 Å². The van der Waals surface area contributed by atoms with E-state index in [1.165, 1.54) is 0 Å². The van der Waals surface area contributed by atoms with E-state index in [1.807, 2.05) is 31.3 Å². The highest BCUT2D eigenvalue weighted by Crippen LogP contribution is 2.32. The lowest BCUT2D eigenvalue weighted by Crippen LogP contribution is -2.42. The number of alkyl halides is 1. The molecule has 1 N–H and O–H groups in total. The number of halogens is 1. The van der Waals surface area contributed by atoms with Crippen molar-refractivity contribution >= 4 is 5.82 Å². The molecule has 0 spiro atoms. The van der Waals surface area contributed by atoms with Crippen molar-refractivity contribution in [3.63, 3.8) is 0 Å². The minimum Gasteiger partial charge on any atom is -0.507 e. The van der Waals surface area contributed by atoms with E-state index < -0.39 is 6.17 Å². The predicted molar refractivity (Wildman–Crippen MR) is 105 cm³/mol. The molecule has 2 aromatic heterocycles. The standard InChI is InChI=1S/C20H23FN6O/c1-26-12-14(10-23-26)13-7-8-15(18(28)9-13)20-22-11-19(24-25-20)27(2)17-6-4-3-5-16(17)21/h7-12,16-17,28H,3-6H2,1-2H3/t16-,17+/m1/s1. The summed E-state index contributed by atoms with van der Waals surface area (Å²) < 4.78 is 15.9. The SMILES string of the molecule is CN(c1cnc(-c2ccc(-c3cnn(C)c3)cc2O)nn1)[C@H]1CCCC[C@H]1F. The zero-order valence-electron chi connectivity index (χ0n) is 16.0. The van der Waals surface area contributed by atoms with Crippen molar-refractivity contribution in [2.45, 2.75) is 37.9 Å². The molecule has 4 rings (SSSR count). The number of hydrogen-bond acceptors (Lipinski definition) is 6. The van der Waals surface area contributed by atoms with Crippen LogP contribution in [0.15, 0.2) is 36.8 Å². The zero-order chi connectivity index (χ0) is 19.7. The smallest absolute Gasteiger partial charge is 0.185 e. The second kappa shape index (κ2) is 7.53. The zero-order valence-corrected chi connectivity index (χ0v) is 16.0. The van der Waals surface area contributed by atoms with Crippen molar-refractivity contribution in [3.8, 4) is 28.3 Å². The second-order valence-electron chi connectivity index (χ2n) is 7.25. The van der Waals surface area contributed by atoms with Crippen molar-refractivity contribution in [1.82, 2.24) is 25.0 Å². The average molecular weight is 382 g/mol. The molecule has 1 fully saturated rings. The second-order valence-corrected chi connectivity index (χ2v) is 7.25. The van der Waals surface area contributed by atoms with Gasteiger partial charge in [-0.2, -0.15) is 5.10 Å². The average Bonchev–Trinajstić information content (AvgIpc) is 3.14. The number of phenolic OH excluding ortho intramolecular Hbond substituents is 1. The van der Waals surface area contributed by atoms with Crippen molar-refractivity contribution in [2.75, 3.05) is 11.9 Å². The molecule has 1 aliphatic carbocycles. The molecule has 0 bridgehead atoms. The number of aromatic nitrogens is 5. The summed E-state index contributed by atoms with van der Waals surface area (Å²) in [4.78, 5) is 6.16. The Labute approximate surface area is 162 Å². The number of hydrogen-bond donors (Lipinski definition) is 1. The highest BCUT2D eigenvalue weighted by molar-refractivity contribution is 5.72. The normalized spacial score (nSPS) is 19.5. The number of phenols is 1. The largest absolute Gasteiger partial charge is 0.507 e. The van der Waals surface area contributed by atoms with Gasteiger partial charge in [0.1, 0.15) is 11.9 Å². The molecular weight excluding hydrogens is 359 g/mol. The van der Waals surface area contributed by atoms with E-state index in [4.69, 9.17) is 0 Å². The molecule has 1 aliphatic rings. The number of aromatic hydroxyl groups is 1. The van der Waals surface area contributed by atoms with Crippen LogP contribution in [0.3, 0.4) is 0 Å². The molecule has 0 amide bonds. The molecule has 146 valence electrons. The van der Waals surface area contributed by atoms with Crippen molar-refractivity contribution in [3.05, 3.63) is 36.8 Å². The Bertz CT molecular complexity index is 958. The molecule has 8 heteroatoms. The van der Waals surface area contributed by atoms with Gasteiger partial charge in [-0.1, -0.05) is 18.9 Å². The highest BCUT2D eigenvalue weighted by atomic mass is 19.1. The number of rotatable bonds is 4. The molecule has 2 atom stereocenters. The van der Waals surface area contributed by atoms with Crippen LogP contribution < -0.4 is 4.90 Å². The fourth-order valence-electron chi connectivity index (χ4n) is 3.70. The van der Waals surface area contributed by atoms with Crippen LogP contribution in [-0.2, 0) is 7.05 Å². The summed E-state index contributed by atoms with van der Waals surface area (Å²) >= 11 is 0. The lowest BCUT2D eigenvalue weighted by atomic mass is 9.93. The van der Waals surface area contributed by atoms with Crippen LogP contribution in [0.25, 0.3) is 22.5 Å². The van der Waals surface area contributed by atoms with Crippen LogP contribution in [0.2, 0.25) is 0 Å². The Kier molecular flexibility index (Phi) is 4.93. The first kappa shape index (κ1) is 18.3. The van der Waals surface area contributed by atoms with Gasteiger partial charge >= 0.3 is 0 Å². The van der Waals surface area contributed by atoms with E-state index in [0.717, 1.165) is 30.4 Å². The Morgan fingerprint density at radius 3 is 2.61 bits per heavy atom. The molecular formula is C20H23FN6O. The van der Waals surface area contributed by atoms with Gasteiger partial charge in [-0.15, -0.1) is 10.2 Å². The van der Waals surface area contributed by atoms with Crippen LogP contribution in [0, 0.1) is 0 Å². The van der Waals surface area contributed by atoms with Crippen molar-refractivity contribution in [1.29, 1.82) is 0 Å². The molecule has 1 aromatic carbocycles. The molecule has 28 heavy (non-hydrogen) atoms. The van der Waals surface area contributed by atoms with Crippen LogP contribution >= 0.6 is 0 Å². The van der Waals surface area contributed by atoms with Gasteiger partial charge in [0.2, 0.25) is 0 Å². The third kappa shape index (κ3) is 3.54. The minimum absolute atomic E-state index is 0.0698. The maximum absolute atomic E-state index is 14.2. The summed E-state index contributed by atoms with van der Waals surface area (Å²) in [5.74, 6) is 0.929. The van der Waals surface area contributed by atoms with Gasteiger partial charge in [-0.05, 0) is 30.5 Å². The van der Waals surface area contributed by atoms with E-state index in [9.17, 15) is 9.50 Å². The lowest BCUT2D eigenvalue weighted by molar-refractivity contribution is 0.213. The molecule has 3 aromatic rings. The quantitative estimate of drug-likeness (QED) is 0.745. The Morgan fingerprint density at radius 1 is 1.14 bits per heavy atom. The number of anilines is 1. The summed E-state index contributed by atoms with van der Waals surface area (Å²) in [6.07, 6.45) is 7.68. The summed E-state index contributed by atoms with van der Waals surface area (Å²) in [5.41, 5.74) is 2.26. The lowest BCUT2D eigenvalue weighted by Gasteiger charge is -2.34. The van der Waals surface area contributed by atoms with Gasteiger partial charge in [-0.3, -0.25) is 4.68 Å². The Morgan fingerprint density at radius 2 is 1.96 bits per heavy atom. The summed E-state index contributed by atoms with van der Waals surface area (Å²) in [6.45, 7) is 0. The van der Waals surface area contributed by atoms with Crippen molar-refractivity contribution < 1.29 is 9.50 Å². The third-order valence-corrected chi connectivity index (χ3v) is 5.33. The van der Waals surface area contributed by atoms with E-state index in [2.05, 4.69) is 20.3 Å². The van der Waals surface area contributed by atoms with E-state index >= 15 is 0 Å². The number of aryl methyl sites for hydroxylation is 1. The Hall–Kier alpha value is -3.03. The number of benzene rings is 1. The van der Waals surface area contributed by atoms with Crippen LogP contribution in [0.5, 0.6) is 5.75 Å².